The summed E-state index contributed by atoms with van der Waals surface area (Å²) in [5.74, 6) is 0.307. The number of fused-ring (bicyclic) bond motifs is 1. The van der Waals surface area contributed by atoms with Gasteiger partial charge in [0.15, 0.2) is 0 Å². The molecule has 6 heteroatoms. The van der Waals surface area contributed by atoms with Gasteiger partial charge in [0.25, 0.3) is 5.91 Å². The van der Waals surface area contributed by atoms with E-state index in [-0.39, 0.29) is 18.3 Å². The third-order valence-electron chi connectivity index (χ3n) is 4.40. The number of hydrogen-bond acceptors (Lipinski definition) is 3. The number of ether oxygens (including phenoxy) is 1. The predicted octanol–water partition coefficient (Wildman–Crippen LogP) is 4.54. The van der Waals surface area contributed by atoms with Crippen LogP contribution in [0.25, 0.3) is 11.0 Å². The Morgan fingerprint density at radius 1 is 1.07 bits per heavy atom. The number of benzene rings is 3. The topological polar surface area (TPSA) is 56.2 Å². The number of aromatic nitrogens is 2. The van der Waals surface area contributed by atoms with Crippen LogP contribution in [0.5, 0.6) is 5.75 Å². The van der Waals surface area contributed by atoms with E-state index in [2.05, 4.69) is 10.3 Å². The highest BCUT2D eigenvalue weighted by molar-refractivity contribution is 6.04. The Kier molecular flexibility index (Phi) is 4.76. The maximum Gasteiger partial charge on any atom is 0.257 e. The summed E-state index contributed by atoms with van der Waals surface area (Å²) in [6.07, 6.45) is 0. The Hall–Kier alpha value is -3.67. The summed E-state index contributed by atoms with van der Waals surface area (Å²) in [6, 6.07) is 20.7. The molecule has 0 saturated heterocycles. The molecule has 0 fully saturated rings. The summed E-state index contributed by atoms with van der Waals surface area (Å²) in [7, 11) is 1.86. The van der Waals surface area contributed by atoms with Gasteiger partial charge in [-0.3, -0.25) is 10.1 Å². The van der Waals surface area contributed by atoms with Crippen LogP contribution in [-0.4, -0.2) is 15.5 Å². The zero-order valence-electron chi connectivity index (χ0n) is 15.2. The van der Waals surface area contributed by atoms with E-state index >= 15 is 0 Å². The molecular weight excluding hydrogens is 357 g/mol. The smallest absolute Gasteiger partial charge is 0.257 e. The van der Waals surface area contributed by atoms with Crippen molar-refractivity contribution < 1.29 is 13.9 Å². The zero-order valence-corrected chi connectivity index (χ0v) is 15.2. The fourth-order valence-electron chi connectivity index (χ4n) is 2.96. The number of rotatable bonds is 5. The SMILES string of the molecule is Cn1c(NC(=O)c2cccc(COc3cccc(F)c3)c2)nc2ccccc21. The van der Waals surface area contributed by atoms with Gasteiger partial charge >= 0.3 is 0 Å². The molecule has 0 aliphatic heterocycles. The predicted molar refractivity (Wildman–Crippen MR) is 106 cm³/mol. The Balaban J connectivity index is 1.48. The molecule has 3 aromatic carbocycles. The number of carbonyl (C=O) groups is 1. The van der Waals surface area contributed by atoms with Crippen LogP contribution in [0.3, 0.4) is 0 Å². The second kappa shape index (κ2) is 7.52. The number of carbonyl (C=O) groups excluding carboxylic acids is 1. The molecule has 0 spiro atoms. The third kappa shape index (κ3) is 3.71. The number of para-hydroxylation sites is 2. The number of hydrogen-bond donors (Lipinski definition) is 1. The van der Waals surface area contributed by atoms with Gasteiger partial charge in [-0.2, -0.15) is 0 Å². The monoisotopic (exact) mass is 375 g/mol. The minimum absolute atomic E-state index is 0.233. The summed E-state index contributed by atoms with van der Waals surface area (Å²) >= 11 is 0. The van der Waals surface area contributed by atoms with Gasteiger partial charge in [0.1, 0.15) is 18.2 Å². The second-order valence-electron chi connectivity index (χ2n) is 6.38. The van der Waals surface area contributed by atoms with Crippen molar-refractivity contribution in [2.24, 2.45) is 7.05 Å². The molecule has 1 N–H and O–H groups in total. The molecule has 1 aromatic heterocycles. The molecule has 0 saturated carbocycles. The van der Waals surface area contributed by atoms with Gasteiger partial charge in [-0.25, -0.2) is 9.37 Å². The van der Waals surface area contributed by atoms with E-state index < -0.39 is 0 Å². The normalized spacial score (nSPS) is 10.8. The van der Waals surface area contributed by atoms with E-state index in [0.29, 0.717) is 17.3 Å². The van der Waals surface area contributed by atoms with Crippen molar-refractivity contribution in [2.45, 2.75) is 6.61 Å². The van der Waals surface area contributed by atoms with Crippen LogP contribution in [-0.2, 0) is 13.7 Å². The first kappa shape index (κ1) is 17.7. The molecule has 28 heavy (non-hydrogen) atoms. The first-order valence-electron chi connectivity index (χ1n) is 8.80. The fourth-order valence-corrected chi connectivity index (χ4v) is 2.96. The van der Waals surface area contributed by atoms with Gasteiger partial charge in [0.2, 0.25) is 5.95 Å². The molecule has 0 bridgehead atoms. The average Bonchev–Trinajstić information content (AvgIpc) is 3.02. The van der Waals surface area contributed by atoms with Crippen LogP contribution in [0.15, 0.2) is 72.8 Å². The molecule has 0 unspecified atom stereocenters. The van der Waals surface area contributed by atoms with Crippen LogP contribution in [0, 0.1) is 5.82 Å². The summed E-state index contributed by atoms with van der Waals surface area (Å²) in [4.78, 5) is 17.1. The molecule has 1 heterocycles. The molecule has 1 amide bonds. The van der Waals surface area contributed by atoms with Crippen molar-refractivity contribution in [2.75, 3.05) is 5.32 Å². The van der Waals surface area contributed by atoms with Gasteiger partial charge in [0.05, 0.1) is 11.0 Å². The standard InChI is InChI=1S/C22H18FN3O2/c1-26-20-11-3-2-10-19(20)24-22(26)25-21(27)16-7-4-6-15(12-16)14-28-18-9-5-8-17(23)13-18/h2-13H,14H2,1H3,(H,24,25,27). The van der Waals surface area contributed by atoms with Crippen LogP contribution in [0.4, 0.5) is 10.3 Å². The molecule has 140 valence electrons. The van der Waals surface area contributed by atoms with Crippen LogP contribution < -0.4 is 10.1 Å². The van der Waals surface area contributed by atoms with Gasteiger partial charge in [-0.1, -0.05) is 30.3 Å². The number of aryl methyl sites for hydroxylation is 1. The van der Waals surface area contributed by atoms with Gasteiger partial charge < -0.3 is 9.30 Å². The molecule has 0 aliphatic carbocycles. The number of amides is 1. The van der Waals surface area contributed by atoms with Crippen LogP contribution in [0.1, 0.15) is 15.9 Å². The maximum absolute atomic E-state index is 13.2. The van der Waals surface area contributed by atoms with Crippen molar-refractivity contribution in [3.8, 4) is 5.75 Å². The van der Waals surface area contributed by atoms with Crippen molar-refractivity contribution in [3.63, 3.8) is 0 Å². The first-order valence-corrected chi connectivity index (χ1v) is 8.80. The minimum Gasteiger partial charge on any atom is -0.489 e. The van der Waals surface area contributed by atoms with E-state index in [1.807, 2.05) is 41.9 Å². The van der Waals surface area contributed by atoms with Crippen LogP contribution >= 0.6 is 0 Å². The summed E-state index contributed by atoms with van der Waals surface area (Å²) in [5.41, 5.74) is 3.06. The summed E-state index contributed by atoms with van der Waals surface area (Å²) in [5, 5.41) is 2.85. The van der Waals surface area contributed by atoms with Crippen LogP contribution in [0.2, 0.25) is 0 Å². The van der Waals surface area contributed by atoms with Gasteiger partial charge in [-0.05, 0) is 42.0 Å². The van der Waals surface area contributed by atoms with E-state index in [4.69, 9.17) is 4.74 Å². The Morgan fingerprint density at radius 3 is 2.71 bits per heavy atom. The number of anilines is 1. The molecule has 0 atom stereocenters. The van der Waals surface area contributed by atoms with E-state index in [1.165, 1.54) is 12.1 Å². The molecule has 4 aromatic rings. The highest BCUT2D eigenvalue weighted by atomic mass is 19.1. The largest absolute Gasteiger partial charge is 0.489 e. The molecule has 0 aliphatic rings. The second-order valence-corrected chi connectivity index (χ2v) is 6.38. The van der Waals surface area contributed by atoms with E-state index in [0.717, 1.165) is 16.6 Å². The van der Waals surface area contributed by atoms with Gasteiger partial charge in [-0.15, -0.1) is 0 Å². The average molecular weight is 375 g/mol. The van der Waals surface area contributed by atoms with E-state index in [9.17, 15) is 9.18 Å². The number of imidazole rings is 1. The molecule has 5 nitrogen and oxygen atoms in total. The Bertz CT molecular complexity index is 1150. The quantitative estimate of drug-likeness (QED) is 0.557. The number of nitrogens with one attached hydrogen (secondary N) is 1. The van der Waals surface area contributed by atoms with Crippen molar-refractivity contribution >= 4 is 22.9 Å². The minimum atomic E-state index is -0.354. The highest BCUT2D eigenvalue weighted by Gasteiger charge is 2.12. The lowest BCUT2D eigenvalue weighted by molar-refractivity contribution is 0.102. The van der Waals surface area contributed by atoms with E-state index in [1.54, 1.807) is 30.3 Å². The molecule has 0 radical (unpaired) electrons. The lowest BCUT2D eigenvalue weighted by Crippen LogP contribution is -2.15. The lowest BCUT2D eigenvalue weighted by atomic mass is 10.1. The Labute approximate surface area is 161 Å². The van der Waals surface area contributed by atoms with Gasteiger partial charge in [0, 0.05) is 18.7 Å². The third-order valence-corrected chi connectivity index (χ3v) is 4.40. The molecular formula is C22H18FN3O2. The van der Waals surface area contributed by atoms with Crippen molar-refractivity contribution in [3.05, 3.63) is 89.7 Å². The fraction of sp³-hybridized carbons (Fsp3) is 0.0909. The Morgan fingerprint density at radius 2 is 1.89 bits per heavy atom. The summed E-state index contributed by atoms with van der Waals surface area (Å²) in [6.45, 7) is 0.233. The zero-order chi connectivity index (χ0) is 19.5. The number of halogens is 1. The lowest BCUT2D eigenvalue weighted by Gasteiger charge is -2.09. The highest BCUT2D eigenvalue weighted by Crippen LogP contribution is 2.19. The van der Waals surface area contributed by atoms with Crippen molar-refractivity contribution in [1.82, 2.24) is 9.55 Å². The first-order chi connectivity index (χ1) is 13.6. The maximum atomic E-state index is 13.2. The molecule has 4 rings (SSSR count). The summed E-state index contributed by atoms with van der Waals surface area (Å²) < 4.78 is 20.7. The number of nitrogens with zero attached hydrogens (tertiary/aromatic N) is 2. The van der Waals surface area contributed by atoms with Crippen molar-refractivity contribution in [1.29, 1.82) is 0 Å².